The van der Waals surface area contributed by atoms with Crippen LogP contribution in [0.5, 0.6) is 5.75 Å². The lowest BCUT2D eigenvalue weighted by molar-refractivity contribution is -0.122. The first-order chi connectivity index (χ1) is 7.66. The third kappa shape index (κ3) is 2.53. The summed E-state index contributed by atoms with van der Waals surface area (Å²) < 4.78 is 19.0. The molecule has 1 aliphatic carbocycles. The third-order valence-electron chi connectivity index (χ3n) is 2.65. The maximum atomic E-state index is 13.5. The molecule has 1 aromatic carbocycles. The van der Waals surface area contributed by atoms with E-state index in [4.69, 9.17) is 16.3 Å². The van der Waals surface area contributed by atoms with E-state index in [1.807, 2.05) is 0 Å². The van der Waals surface area contributed by atoms with E-state index in [2.05, 4.69) is 0 Å². The lowest BCUT2D eigenvalue weighted by atomic mass is 9.96. The van der Waals surface area contributed by atoms with Crippen molar-refractivity contribution in [2.24, 2.45) is 0 Å². The van der Waals surface area contributed by atoms with Crippen LogP contribution in [0, 0.1) is 5.82 Å². The van der Waals surface area contributed by atoms with Gasteiger partial charge in [0.1, 0.15) is 11.9 Å². The van der Waals surface area contributed by atoms with E-state index in [0.717, 1.165) is 12.8 Å². The molecule has 0 heterocycles. The minimum absolute atomic E-state index is 0.0413. The molecule has 0 spiro atoms. The number of ether oxygens (including phenoxy) is 1. The van der Waals surface area contributed by atoms with E-state index in [1.54, 1.807) is 6.07 Å². The van der Waals surface area contributed by atoms with E-state index < -0.39 is 5.82 Å². The summed E-state index contributed by atoms with van der Waals surface area (Å²) in [6, 6.07) is 4.63. The molecule has 1 unspecified atom stereocenters. The lowest BCUT2D eigenvalue weighted by Crippen LogP contribution is -2.25. The first-order valence-electron chi connectivity index (χ1n) is 5.29. The third-order valence-corrected chi connectivity index (χ3v) is 2.94. The number of ketones is 1. The average Bonchev–Trinajstić information content (AvgIpc) is 2.25. The fourth-order valence-electron chi connectivity index (χ4n) is 1.84. The molecule has 1 aromatic rings. The van der Waals surface area contributed by atoms with Crippen LogP contribution >= 0.6 is 11.6 Å². The van der Waals surface area contributed by atoms with Gasteiger partial charge in [-0.05, 0) is 25.0 Å². The maximum absolute atomic E-state index is 13.5. The highest BCUT2D eigenvalue weighted by molar-refractivity contribution is 6.30. The largest absolute Gasteiger partial charge is 0.487 e. The number of hydrogen-bond acceptors (Lipinski definition) is 2. The van der Waals surface area contributed by atoms with Gasteiger partial charge in [0.15, 0.2) is 11.6 Å². The minimum atomic E-state index is -0.554. The Hall–Kier alpha value is -1.09. The van der Waals surface area contributed by atoms with E-state index in [1.165, 1.54) is 12.1 Å². The first kappa shape index (κ1) is 11.4. The van der Waals surface area contributed by atoms with Gasteiger partial charge in [-0.15, -0.1) is 0 Å². The van der Waals surface area contributed by atoms with Gasteiger partial charge in [-0.3, -0.25) is 4.79 Å². The molecular weight excluding hydrogens is 231 g/mol. The van der Waals surface area contributed by atoms with Gasteiger partial charge >= 0.3 is 0 Å². The fraction of sp³-hybridized carbons (Fsp3) is 0.417. The summed E-state index contributed by atoms with van der Waals surface area (Å²) >= 11 is 5.64. The van der Waals surface area contributed by atoms with E-state index in [0.29, 0.717) is 12.8 Å². The molecule has 86 valence electrons. The van der Waals surface area contributed by atoms with Crippen LogP contribution in [0.1, 0.15) is 25.7 Å². The van der Waals surface area contributed by atoms with Crippen LogP contribution in [0.3, 0.4) is 0 Å². The second kappa shape index (κ2) is 4.83. The van der Waals surface area contributed by atoms with Crippen LogP contribution in [-0.2, 0) is 4.79 Å². The summed E-state index contributed by atoms with van der Waals surface area (Å²) in [6.45, 7) is 0. The second-order valence-electron chi connectivity index (χ2n) is 3.93. The summed E-state index contributed by atoms with van der Waals surface area (Å²) in [6.07, 6.45) is 2.36. The molecule has 0 aromatic heterocycles. The standard InChI is InChI=1S/C12H12ClFO2/c13-10-5-2-6-11(12(10)14)16-9-4-1-3-8(15)7-9/h2,5-6,9H,1,3-4,7H2. The highest BCUT2D eigenvalue weighted by Crippen LogP contribution is 2.27. The molecule has 0 aliphatic heterocycles. The van der Waals surface area contributed by atoms with Gasteiger partial charge in [0, 0.05) is 12.8 Å². The lowest BCUT2D eigenvalue weighted by Gasteiger charge is -2.22. The zero-order valence-corrected chi connectivity index (χ0v) is 9.47. The molecule has 0 radical (unpaired) electrons. The highest BCUT2D eigenvalue weighted by atomic mass is 35.5. The summed E-state index contributed by atoms with van der Waals surface area (Å²) in [5, 5.41) is 0.0413. The van der Waals surface area contributed by atoms with Crippen LogP contribution in [0.25, 0.3) is 0 Å². The van der Waals surface area contributed by atoms with E-state index in [9.17, 15) is 9.18 Å². The highest BCUT2D eigenvalue weighted by Gasteiger charge is 2.22. The normalized spacial score (nSPS) is 20.9. The van der Waals surface area contributed by atoms with Gasteiger partial charge in [0.2, 0.25) is 0 Å². The van der Waals surface area contributed by atoms with Crippen molar-refractivity contribution in [3.05, 3.63) is 29.0 Å². The number of benzene rings is 1. The SMILES string of the molecule is O=C1CCCC(Oc2cccc(Cl)c2F)C1. The predicted octanol–water partition coefficient (Wildman–Crippen LogP) is 3.37. The smallest absolute Gasteiger partial charge is 0.183 e. The van der Waals surface area contributed by atoms with Gasteiger partial charge in [-0.2, -0.15) is 0 Å². The Morgan fingerprint density at radius 3 is 3.00 bits per heavy atom. The summed E-state index contributed by atoms with van der Waals surface area (Å²) in [5.74, 6) is -0.243. The Kier molecular flexibility index (Phi) is 3.44. The summed E-state index contributed by atoms with van der Waals surface area (Å²) in [7, 11) is 0. The average molecular weight is 243 g/mol. The zero-order valence-electron chi connectivity index (χ0n) is 8.71. The molecule has 1 saturated carbocycles. The zero-order chi connectivity index (χ0) is 11.5. The molecule has 1 aliphatic rings. The number of carbonyl (C=O) groups is 1. The van der Waals surface area contributed by atoms with Crippen LogP contribution in [-0.4, -0.2) is 11.9 Å². The number of hydrogen-bond donors (Lipinski definition) is 0. The molecular formula is C12H12ClFO2. The Bertz CT molecular complexity index is 406. The van der Waals surface area contributed by atoms with Crippen LogP contribution in [0.2, 0.25) is 5.02 Å². The molecule has 0 amide bonds. The van der Waals surface area contributed by atoms with E-state index >= 15 is 0 Å². The van der Waals surface area contributed by atoms with Gasteiger partial charge in [0.05, 0.1) is 5.02 Å². The molecule has 0 bridgehead atoms. The van der Waals surface area contributed by atoms with Crippen molar-refractivity contribution in [3.8, 4) is 5.75 Å². The van der Waals surface area contributed by atoms with Crippen molar-refractivity contribution in [1.82, 2.24) is 0 Å². The van der Waals surface area contributed by atoms with Gasteiger partial charge in [-0.1, -0.05) is 17.7 Å². The van der Waals surface area contributed by atoms with Crippen molar-refractivity contribution in [1.29, 1.82) is 0 Å². The Morgan fingerprint density at radius 2 is 2.25 bits per heavy atom. The van der Waals surface area contributed by atoms with E-state index in [-0.39, 0.29) is 22.7 Å². The number of carbonyl (C=O) groups excluding carboxylic acids is 1. The van der Waals surface area contributed by atoms with Crippen molar-refractivity contribution in [2.75, 3.05) is 0 Å². The molecule has 0 N–H and O–H groups in total. The van der Waals surface area contributed by atoms with Crippen LogP contribution in [0.15, 0.2) is 18.2 Å². The van der Waals surface area contributed by atoms with Crippen LogP contribution < -0.4 is 4.74 Å². The van der Waals surface area contributed by atoms with Crippen molar-refractivity contribution in [3.63, 3.8) is 0 Å². The molecule has 4 heteroatoms. The number of Topliss-reactive ketones (excluding diaryl/α,β-unsaturated/α-hetero) is 1. The fourth-order valence-corrected chi connectivity index (χ4v) is 2.01. The minimum Gasteiger partial charge on any atom is -0.487 e. The number of rotatable bonds is 2. The molecule has 0 saturated heterocycles. The first-order valence-corrected chi connectivity index (χ1v) is 5.67. The van der Waals surface area contributed by atoms with Crippen molar-refractivity contribution >= 4 is 17.4 Å². The molecule has 2 nitrogen and oxygen atoms in total. The predicted molar refractivity (Wildman–Crippen MR) is 59.3 cm³/mol. The Labute approximate surface area is 98.4 Å². The molecule has 16 heavy (non-hydrogen) atoms. The Morgan fingerprint density at radius 1 is 1.44 bits per heavy atom. The number of halogens is 2. The quantitative estimate of drug-likeness (QED) is 0.795. The summed E-state index contributed by atoms with van der Waals surface area (Å²) in [5.41, 5.74) is 0. The van der Waals surface area contributed by atoms with Gasteiger partial charge in [0.25, 0.3) is 0 Å². The molecule has 1 atom stereocenters. The molecule has 1 fully saturated rings. The van der Waals surface area contributed by atoms with Gasteiger partial charge in [-0.25, -0.2) is 4.39 Å². The van der Waals surface area contributed by atoms with Crippen molar-refractivity contribution < 1.29 is 13.9 Å². The Balaban J connectivity index is 2.08. The van der Waals surface area contributed by atoms with Gasteiger partial charge < -0.3 is 4.74 Å². The second-order valence-corrected chi connectivity index (χ2v) is 4.33. The van der Waals surface area contributed by atoms with Crippen molar-refractivity contribution in [2.45, 2.75) is 31.8 Å². The van der Waals surface area contributed by atoms with Crippen LogP contribution in [0.4, 0.5) is 4.39 Å². The summed E-state index contributed by atoms with van der Waals surface area (Å²) in [4.78, 5) is 11.2. The maximum Gasteiger partial charge on any atom is 0.183 e. The molecule has 2 rings (SSSR count). The topological polar surface area (TPSA) is 26.3 Å². The monoisotopic (exact) mass is 242 g/mol.